The summed E-state index contributed by atoms with van der Waals surface area (Å²) in [5.74, 6) is 0.166. The number of nitrogens with zero attached hydrogens (tertiary/aromatic N) is 1. The topological polar surface area (TPSA) is 56.0 Å². The Morgan fingerprint density at radius 1 is 1.29 bits per heavy atom. The Morgan fingerprint density at radius 2 is 2.00 bits per heavy atom. The Hall–Kier alpha value is -1.68. The molecule has 0 aliphatic heterocycles. The lowest BCUT2D eigenvalue weighted by Crippen LogP contribution is -2.06. The van der Waals surface area contributed by atoms with Gasteiger partial charge >= 0.3 is 0 Å². The third-order valence-electron chi connectivity index (χ3n) is 2.47. The van der Waals surface area contributed by atoms with Crippen LogP contribution in [-0.4, -0.2) is 10.8 Å². The highest BCUT2D eigenvalue weighted by Crippen LogP contribution is 2.13. The molecule has 0 atom stereocenters. The zero-order chi connectivity index (χ0) is 12.3. The van der Waals surface area contributed by atoms with E-state index in [1.54, 1.807) is 0 Å². The third-order valence-corrected chi connectivity index (χ3v) is 3.19. The van der Waals surface area contributed by atoms with Crippen LogP contribution in [0, 0.1) is 6.92 Å². The summed E-state index contributed by atoms with van der Waals surface area (Å²) in [6.45, 7) is 2.03. The smallest absolute Gasteiger partial charge is 0.180 e. The fourth-order valence-corrected chi connectivity index (χ4v) is 2.16. The van der Waals surface area contributed by atoms with Crippen LogP contribution in [0.25, 0.3) is 0 Å². The lowest BCUT2D eigenvalue weighted by atomic mass is 10.0. The lowest BCUT2D eigenvalue weighted by molar-refractivity contribution is -0.117. The molecule has 0 radical (unpaired) electrons. The van der Waals surface area contributed by atoms with Crippen LogP contribution in [0.3, 0.4) is 0 Å². The van der Waals surface area contributed by atoms with Gasteiger partial charge in [0.25, 0.3) is 0 Å². The van der Waals surface area contributed by atoms with Crippen molar-refractivity contribution in [1.29, 1.82) is 0 Å². The number of nitrogens with two attached hydrogens (primary N) is 1. The second-order valence-corrected chi connectivity index (χ2v) is 4.94. The standard InChI is InChI=1S/C13H14N2OS/c1-9-2-4-10(5-3-9)6-12(16)7-11-8-17-13(14)15-11/h2-5,8H,6-7H2,1H3,(H2,14,15). The zero-order valence-electron chi connectivity index (χ0n) is 9.64. The summed E-state index contributed by atoms with van der Waals surface area (Å²) < 4.78 is 0. The van der Waals surface area contributed by atoms with E-state index >= 15 is 0 Å². The molecule has 1 aromatic carbocycles. The minimum absolute atomic E-state index is 0.166. The number of aromatic nitrogens is 1. The van der Waals surface area contributed by atoms with Crippen molar-refractivity contribution in [3.63, 3.8) is 0 Å². The Bertz CT molecular complexity index is 516. The number of carbonyl (C=O) groups is 1. The molecule has 88 valence electrons. The van der Waals surface area contributed by atoms with E-state index in [2.05, 4.69) is 4.98 Å². The van der Waals surface area contributed by atoms with Crippen LogP contribution in [0.2, 0.25) is 0 Å². The van der Waals surface area contributed by atoms with Gasteiger partial charge < -0.3 is 5.73 Å². The minimum Gasteiger partial charge on any atom is -0.375 e. The van der Waals surface area contributed by atoms with E-state index in [0.29, 0.717) is 18.0 Å². The second-order valence-electron chi connectivity index (χ2n) is 4.05. The average Bonchev–Trinajstić information content (AvgIpc) is 2.67. The fraction of sp³-hybridized carbons (Fsp3) is 0.231. The summed E-state index contributed by atoms with van der Waals surface area (Å²) in [5, 5.41) is 2.35. The van der Waals surface area contributed by atoms with Crippen LogP contribution in [0.4, 0.5) is 5.13 Å². The van der Waals surface area contributed by atoms with Crippen molar-refractivity contribution in [1.82, 2.24) is 4.98 Å². The number of anilines is 1. The molecule has 0 saturated carbocycles. The number of benzene rings is 1. The number of hydrogen-bond donors (Lipinski definition) is 1. The third kappa shape index (κ3) is 3.39. The first kappa shape index (κ1) is 11.8. The summed E-state index contributed by atoms with van der Waals surface area (Å²) in [5.41, 5.74) is 8.54. The molecule has 0 amide bonds. The molecule has 3 nitrogen and oxygen atoms in total. The molecule has 2 aromatic rings. The first-order valence-corrected chi connectivity index (χ1v) is 6.28. The molecule has 4 heteroatoms. The van der Waals surface area contributed by atoms with Crippen LogP contribution < -0.4 is 5.73 Å². The number of aryl methyl sites for hydroxylation is 1. The lowest BCUT2D eigenvalue weighted by Gasteiger charge is -2.00. The van der Waals surface area contributed by atoms with E-state index in [4.69, 9.17) is 5.73 Å². The van der Waals surface area contributed by atoms with E-state index in [0.717, 1.165) is 11.3 Å². The summed E-state index contributed by atoms with van der Waals surface area (Å²) in [4.78, 5) is 15.9. The van der Waals surface area contributed by atoms with Crippen molar-refractivity contribution >= 4 is 22.3 Å². The van der Waals surface area contributed by atoms with Gasteiger partial charge in [0.05, 0.1) is 5.69 Å². The van der Waals surface area contributed by atoms with E-state index < -0.39 is 0 Å². The first-order chi connectivity index (χ1) is 8.13. The molecular formula is C13H14N2OS. The first-order valence-electron chi connectivity index (χ1n) is 5.40. The van der Waals surface area contributed by atoms with E-state index in [1.807, 2.05) is 36.6 Å². The maximum absolute atomic E-state index is 11.8. The van der Waals surface area contributed by atoms with Crippen molar-refractivity contribution in [2.45, 2.75) is 19.8 Å². The maximum atomic E-state index is 11.8. The molecule has 0 aliphatic rings. The van der Waals surface area contributed by atoms with Crippen LogP contribution in [0.5, 0.6) is 0 Å². The van der Waals surface area contributed by atoms with Gasteiger partial charge in [-0.25, -0.2) is 4.98 Å². The number of rotatable bonds is 4. The zero-order valence-corrected chi connectivity index (χ0v) is 10.5. The van der Waals surface area contributed by atoms with E-state index in [9.17, 15) is 4.79 Å². The van der Waals surface area contributed by atoms with Crippen LogP contribution in [0.15, 0.2) is 29.6 Å². The molecule has 2 rings (SSSR count). The fourth-order valence-electron chi connectivity index (χ4n) is 1.60. The van der Waals surface area contributed by atoms with E-state index in [1.165, 1.54) is 16.9 Å². The van der Waals surface area contributed by atoms with Crippen molar-refractivity contribution < 1.29 is 4.79 Å². The molecule has 0 aliphatic carbocycles. The Labute approximate surface area is 104 Å². The summed E-state index contributed by atoms with van der Waals surface area (Å²) in [7, 11) is 0. The van der Waals surface area contributed by atoms with Gasteiger partial charge in [0.15, 0.2) is 5.13 Å². The van der Waals surface area contributed by atoms with Crippen molar-refractivity contribution in [2.24, 2.45) is 0 Å². The average molecular weight is 246 g/mol. The number of thiazole rings is 1. The van der Waals surface area contributed by atoms with Gasteiger partial charge in [-0.15, -0.1) is 11.3 Å². The Kier molecular flexibility index (Phi) is 3.54. The van der Waals surface area contributed by atoms with Crippen LogP contribution in [0.1, 0.15) is 16.8 Å². The monoisotopic (exact) mass is 246 g/mol. The molecule has 1 aromatic heterocycles. The van der Waals surface area contributed by atoms with E-state index in [-0.39, 0.29) is 5.78 Å². The quantitative estimate of drug-likeness (QED) is 0.901. The molecule has 0 fully saturated rings. The summed E-state index contributed by atoms with van der Waals surface area (Å²) >= 11 is 1.37. The molecule has 0 saturated heterocycles. The predicted octanol–water partition coefficient (Wildman–Crippen LogP) is 2.39. The number of nitrogen functional groups attached to an aromatic ring is 1. The summed E-state index contributed by atoms with van der Waals surface area (Å²) in [6.07, 6.45) is 0.819. The molecule has 2 N–H and O–H groups in total. The number of carbonyl (C=O) groups excluding carboxylic acids is 1. The van der Waals surface area contributed by atoms with Gasteiger partial charge in [0.1, 0.15) is 5.78 Å². The Morgan fingerprint density at radius 3 is 2.59 bits per heavy atom. The largest absolute Gasteiger partial charge is 0.375 e. The van der Waals surface area contributed by atoms with Crippen LogP contribution in [-0.2, 0) is 17.6 Å². The second kappa shape index (κ2) is 5.10. The Balaban J connectivity index is 1.95. The molecule has 0 unspecified atom stereocenters. The highest BCUT2D eigenvalue weighted by molar-refractivity contribution is 7.13. The number of ketones is 1. The maximum Gasteiger partial charge on any atom is 0.180 e. The summed E-state index contributed by atoms with van der Waals surface area (Å²) in [6, 6.07) is 8.01. The van der Waals surface area contributed by atoms with Crippen LogP contribution >= 0.6 is 11.3 Å². The molecular weight excluding hydrogens is 232 g/mol. The molecule has 0 bridgehead atoms. The number of hydrogen-bond acceptors (Lipinski definition) is 4. The highest BCUT2D eigenvalue weighted by Gasteiger charge is 2.07. The minimum atomic E-state index is 0.166. The van der Waals surface area contributed by atoms with Gasteiger partial charge in [-0.05, 0) is 12.5 Å². The number of Topliss-reactive ketones (excluding diaryl/α,β-unsaturated/α-hetero) is 1. The van der Waals surface area contributed by atoms with Gasteiger partial charge in [0.2, 0.25) is 0 Å². The van der Waals surface area contributed by atoms with Gasteiger partial charge in [-0.2, -0.15) is 0 Å². The van der Waals surface area contributed by atoms with Crippen molar-refractivity contribution in [2.75, 3.05) is 5.73 Å². The van der Waals surface area contributed by atoms with Crippen molar-refractivity contribution in [3.05, 3.63) is 46.5 Å². The molecule has 0 spiro atoms. The van der Waals surface area contributed by atoms with Gasteiger partial charge in [-0.3, -0.25) is 4.79 Å². The molecule has 1 heterocycles. The van der Waals surface area contributed by atoms with Gasteiger partial charge in [-0.1, -0.05) is 29.8 Å². The predicted molar refractivity (Wildman–Crippen MR) is 70.1 cm³/mol. The SMILES string of the molecule is Cc1ccc(CC(=O)Cc2csc(N)n2)cc1. The normalized spacial score (nSPS) is 10.4. The van der Waals surface area contributed by atoms with Crippen molar-refractivity contribution in [3.8, 4) is 0 Å². The van der Waals surface area contributed by atoms with Gasteiger partial charge in [0, 0.05) is 18.2 Å². The highest BCUT2D eigenvalue weighted by atomic mass is 32.1. The molecule has 17 heavy (non-hydrogen) atoms.